The van der Waals surface area contributed by atoms with Gasteiger partial charge in [-0.3, -0.25) is 0 Å². The molecule has 0 spiro atoms. The lowest BCUT2D eigenvalue weighted by Gasteiger charge is -2.10. The molecule has 0 saturated heterocycles. The van der Waals surface area contributed by atoms with Crippen LogP contribution in [0.25, 0.3) is 0 Å². The van der Waals surface area contributed by atoms with Crippen LogP contribution < -0.4 is 15.2 Å². The van der Waals surface area contributed by atoms with Crippen LogP contribution in [0.4, 0.5) is 0 Å². The minimum Gasteiger partial charge on any atom is -0.495 e. The van der Waals surface area contributed by atoms with Gasteiger partial charge in [0.25, 0.3) is 0 Å². The second-order valence-corrected chi connectivity index (χ2v) is 6.04. The molecule has 1 aliphatic rings. The molecule has 2 atom stereocenters. The van der Waals surface area contributed by atoms with Crippen LogP contribution in [0.3, 0.4) is 0 Å². The molecule has 1 fully saturated rings. The standard InChI is InChI=1S/C10H13ClN2O3S/c1-16-9-4-6(11)2-3-10(9)17(14,15)13-8-5-7(8)12/h2-4,7-8,13H,5,12H2,1H3. The number of methoxy groups -OCH3 is 1. The molecule has 3 N–H and O–H groups in total. The Labute approximate surface area is 105 Å². The minimum absolute atomic E-state index is 0.0727. The van der Waals surface area contributed by atoms with Crippen LogP contribution in [0, 0.1) is 0 Å². The summed E-state index contributed by atoms with van der Waals surface area (Å²) < 4.78 is 31.6. The molecule has 1 aromatic rings. The van der Waals surface area contributed by atoms with Crippen molar-refractivity contribution in [1.82, 2.24) is 4.72 Å². The lowest BCUT2D eigenvalue weighted by molar-refractivity contribution is 0.402. The van der Waals surface area contributed by atoms with E-state index in [1.807, 2.05) is 0 Å². The van der Waals surface area contributed by atoms with E-state index in [0.29, 0.717) is 11.4 Å². The van der Waals surface area contributed by atoms with Crippen molar-refractivity contribution < 1.29 is 13.2 Å². The molecule has 0 radical (unpaired) electrons. The first-order valence-corrected chi connectivity index (χ1v) is 6.91. The third-order valence-corrected chi connectivity index (χ3v) is 4.33. The van der Waals surface area contributed by atoms with E-state index >= 15 is 0 Å². The molecule has 0 aromatic heterocycles. The van der Waals surface area contributed by atoms with Crippen LogP contribution in [0.1, 0.15) is 6.42 Å². The second-order valence-electron chi connectivity index (χ2n) is 3.92. The maximum Gasteiger partial charge on any atom is 0.244 e. The number of nitrogens with one attached hydrogen (secondary N) is 1. The molecule has 1 aromatic carbocycles. The van der Waals surface area contributed by atoms with Crippen molar-refractivity contribution in [2.45, 2.75) is 23.4 Å². The van der Waals surface area contributed by atoms with Crippen LogP contribution in [0.5, 0.6) is 5.75 Å². The predicted molar refractivity (Wildman–Crippen MR) is 64.7 cm³/mol. The summed E-state index contributed by atoms with van der Waals surface area (Å²) in [5.74, 6) is 0.222. The highest BCUT2D eigenvalue weighted by atomic mass is 35.5. The number of hydrogen-bond donors (Lipinski definition) is 2. The molecule has 5 nitrogen and oxygen atoms in total. The first-order valence-electron chi connectivity index (χ1n) is 5.05. The summed E-state index contributed by atoms with van der Waals surface area (Å²) in [5, 5.41) is 0.420. The number of hydrogen-bond acceptors (Lipinski definition) is 4. The highest BCUT2D eigenvalue weighted by Crippen LogP contribution is 2.29. The summed E-state index contributed by atoms with van der Waals surface area (Å²) in [6, 6.07) is 4.11. The molecule has 0 bridgehead atoms. The van der Waals surface area contributed by atoms with E-state index < -0.39 is 10.0 Å². The van der Waals surface area contributed by atoms with Gasteiger partial charge in [-0.25, -0.2) is 13.1 Å². The molecule has 2 rings (SSSR count). The molecule has 17 heavy (non-hydrogen) atoms. The topological polar surface area (TPSA) is 81.4 Å². The summed E-state index contributed by atoms with van der Waals surface area (Å²) in [6.45, 7) is 0. The van der Waals surface area contributed by atoms with Gasteiger partial charge in [0, 0.05) is 23.2 Å². The van der Waals surface area contributed by atoms with Crippen molar-refractivity contribution in [3.8, 4) is 5.75 Å². The van der Waals surface area contributed by atoms with Crippen LogP contribution in [0.15, 0.2) is 23.1 Å². The summed E-state index contributed by atoms with van der Waals surface area (Å²) in [7, 11) is -2.21. The van der Waals surface area contributed by atoms with Crippen molar-refractivity contribution in [3.63, 3.8) is 0 Å². The van der Waals surface area contributed by atoms with Crippen molar-refractivity contribution in [3.05, 3.63) is 23.2 Å². The fraction of sp³-hybridized carbons (Fsp3) is 0.400. The first-order chi connectivity index (χ1) is 7.94. The molecule has 0 heterocycles. The molecule has 1 saturated carbocycles. The maximum absolute atomic E-state index is 12.0. The summed E-state index contributed by atoms with van der Waals surface area (Å²) in [4.78, 5) is 0.0727. The molecular formula is C10H13ClN2O3S. The number of rotatable bonds is 4. The van der Waals surface area contributed by atoms with Gasteiger partial charge in [-0.05, 0) is 18.6 Å². The Kier molecular flexibility index (Phi) is 3.31. The Morgan fingerprint density at radius 1 is 1.53 bits per heavy atom. The van der Waals surface area contributed by atoms with Crippen molar-refractivity contribution in [2.75, 3.05) is 7.11 Å². The largest absolute Gasteiger partial charge is 0.495 e. The molecule has 0 amide bonds. The SMILES string of the molecule is COc1cc(Cl)ccc1S(=O)(=O)NC1CC1N. The molecule has 7 heteroatoms. The predicted octanol–water partition coefficient (Wildman–Crippen LogP) is 0.727. The minimum atomic E-state index is -3.60. The summed E-state index contributed by atoms with van der Waals surface area (Å²) in [5.41, 5.74) is 5.57. The summed E-state index contributed by atoms with van der Waals surface area (Å²) >= 11 is 5.77. The van der Waals surface area contributed by atoms with Gasteiger partial charge in [-0.1, -0.05) is 11.6 Å². The number of nitrogens with two attached hydrogens (primary N) is 1. The van der Waals surface area contributed by atoms with Gasteiger partial charge < -0.3 is 10.5 Å². The van der Waals surface area contributed by atoms with E-state index in [2.05, 4.69) is 4.72 Å². The van der Waals surface area contributed by atoms with Gasteiger partial charge in [0.2, 0.25) is 10.0 Å². The zero-order valence-corrected chi connectivity index (χ0v) is 10.8. The van der Waals surface area contributed by atoms with Crippen molar-refractivity contribution in [2.24, 2.45) is 5.73 Å². The van der Waals surface area contributed by atoms with Crippen LogP contribution in [-0.4, -0.2) is 27.6 Å². The zero-order valence-electron chi connectivity index (χ0n) is 9.18. The fourth-order valence-electron chi connectivity index (χ4n) is 1.48. The number of benzene rings is 1. The average molecular weight is 277 g/mol. The monoisotopic (exact) mass is 276 g/mol. The fourth-order valence-corrected chi connectivity index (χ4v) is 3.09. The smallest absolute Gasteiger partial charge is 0.244 e. The maximum atomic E-state index is 12.0. The molecule has 94 valence electrons. The third-order valence-electron chi connectivity index (χ3n) is 2.56. The Morgan fingerprint density at radius 2 is 2.18 bits per heavy atom. The van der Waals surface area contributed by atoms with Gasteiger partial charge in [0.15, 0.2) is 0 Å². The Bertz CT molecular complexity index is 532. The van der Waals surface area contributed by atoms with E-state index in [-0.39, 0.29) is 22.7 Å². The van der Waals surface area contributed by atoms with E-state index in [1.165, 1.54) is 25.3 Å². The number of sulfonamides is 1. The van der Waals surface area contributed by atoms with Gasteiger partial charge in [0.05, 0.1) is 7.11 Å². The Balaban J connectivity index is 2.32. The lowest BCUT2D eigenvalue weighted by Crippen LogP contribution is -2.30. The van der Waals surface area contributed by atoms with Gasteiger partial charge >= 0.3 is 0 Å². The van der Waals surface area contributed by atoms with Crippen molar-refractivity contribution in [1.29, 1.82) is 0 Å². The zero-order chi connectivity index (χ0) is 12.6. The van der Waals surface area contributed by atoms with Crippen LogP contribution in [-0.2, 0) is 10.0 Å². The van der Waals surface area contributed by atoms with Crippen molar-refractivity contribution >= 4 is 21.6 Å². The van der Waals surface area contributed by atoms with E-state index in [9.17, 15) is 8.42 Å². The molecule has 0 aliphatic heterocycles. The third kappa shape index (κ3) is 2.71. The second kappa shape index (κ2) is 4.45. The highest BCUT2D eigenvalue weighted by molar-refractivity contribution is 7.89. The van der Waals surface area contributed by atoms with Gasteiger partial charge in [-0.15, -0.1) is 0 Å². The number of ether oxygens (including phenoxy) is 1. The van der Waals surface area contributed by atoms with Crippen LogP contribution in [0.2, 0.25) is 5.02 Å². The van der Waals surface area contributed by atoms with E-state index in [1.54, 1.807) is 0 Å². The molecule has 1 aliphatic carbocycles. The normalized spacial score (nSPS) is 23.5. The highest BCUT2D eigenvalue weighted by Gasteiger charge is 2.37. The van der Waals surface area contributed by atoms with Gasteiger partial charge in [0.1, 0.15) is 10.6 Å². The summed E-state index contributed by atoms with van der Waals surface area (Å²) in [6.07, 6.45) is 0.662. The Hall–Kier alpha value is -0.820. The van der Waals surface area contributed by atoms with E-state index in [4.69, 9.17) is 22.1 Å². The average Bonchev–Trinajstić information content (AvgIpc) is 2.92. The quantitative estimate of drug-likeness (QED) is 0.849. The Morgan fingerprint density at radius 3 is 2.71 bits per heavy atom. The van der Waals surface area contributed by atoms with Gasteiger partial charge in [-0.2, -0.15) is 0 Å². The van der Waals surface area contributed by atoms with E-state index in [0.717, 1.165) is 0 Å². The first kappa shape index (κ1) is 12.6. The molecular weight excluding hydrogens is 264 g/mol. The lowest BCUT2D eigenvalue weighted by atomic mass is 10.3. The number of halogens is 1. The van der Waals surface area contributed by atoms with Crippen LogP contribution >= 0.6 is 11.6 Å². The molecule has 2 unspecified atom stereocenters.